The number of benzene rings is 2. The van der Waals surface area contributed by atoms with E-state index < -0.39 is 12.2 Å². The number of phenols is 1. The van der Waals surface area contributed by atoms with Crippen LogP contribution in [0.5, 0.6) is 11.5 Å². The van der Waals surface area contributed by atoms with Crippen molar-refractivity contribution in [1.29, 1.82) is 0 Å². The molecule has 0 amide bonds. The Morgan fingerprint density at radius 2 is 1.68 bits per heavy atom. The summed E-state index contributed by atoms with van der Waals surface area (Å²) in [5, 5.41) is 19.3. The zero-order chi connectivity index (χ0) is 13.4. The van der Waals surface area contributed by atoms with E-state index >= 15 is 0 Å². The van der Waals surface area contributed by atoms with Gasteiger partial charge in [0, 0.05) is 0 Å². The van der Waals surface area contributed by atoms with Gasteiger partial charge >= 0.3 is 0 Å². The Morgan fingerprint density at radius 3 is 2.42 bits per heavy atom. The van der Waals surface area contributed by atoms with E-state index in [2.05, 4.69) is 0 Å². The number of carbonyl (C=O) groups excluding carboxylic acids is 1. The Hall–Kier alpha value is -2.33. The number of hydrogen-bond donors (Lipinski definition) is 2. The third kappa shape index (κ3) is 1.96. The highest BCUT2D eigenvalue weighted by atomic mass is 16.5. The summed E-state index contributed by atoms with van der Waals surface area (Å²) in [7, 11) is 0. The third-order valence-corrected chi connectivity index (χ3v) is 3.18. The molecule has 4 nitrogen and oxygen atoms in total. The molecule has 3 rings (SSSR count). The van der Waals surface area contributed by atoms with Crippen molar-refractivity contribution < 1.29 is 19.7 Å². The molecule has 1 aliphatic rings. The lowest BCUT2D eigenvalue weighted by Gasteiger charge is -2.29. The molecule has 0 spiro atoms. The highest BCUT2D eigenvalue weighted by molar-refractivity contribution is 6.03. The zero-order valence-corrected chi connectivity index (χ0v) is 9.98. The number of carbonyl (C=O) groups is 1. The minimum Gasteiger partial charge on any atom is -0.508 e. The second kappa shape index (κ2) is 4.40. The van der Waals surface area contributed by atoms with Crippen LogP contribution in [0.4, 0.5) is 0 Å². The Morgan fingerprint density at radius 1 is 1.00 bits per heavy atom. The lowest BCUT2D eigenvalue weighted by atomic mass is 9.93. The second-order valence-electron chi connectivity index (χ2n) is 4.44. The van der Waals surface area contributed by atoms with Crippen molar-refractivity contribution in [2.45, 2.75) is 12.2 Å². The van der Waals surface area contributed by atoms with Gasteiger partial charge in [-0.1, -0.05) is 24.3 Å². The maximum atomic E-state index is 12.1. The molecule has 2 N–H and O–H groups in total. The summed E-state index contributed by atoms with van der Waals surface area (Å²) >= 11 is 0. The molecule has 0 fully saturated rings. The van der Waals surface area contributed by atoms with E-state index in [-0.39, 0.29) is 11.5 Å². The fourth-order valence-corrected chi connectivity index (χ4v) is 2.19. The summed E-state index contributed by atoms with van der Waals surface area (Å²) < 4.78 is 5.69. The molecular weight excluding hydrogens is 244 g/mol. The first-order valence-corrected chi connectivity index (χ1v) is 5.94. The van der Waals surface area contributed by atoms with E-state index in [1.54, 1.807) is 36.4 Å². The number of Topliss-reactive ketones (excluding diaryl/α,β-unsaturated/α-hetero) is 1. The molecule has 0 unspecified atom stereocenters. The van der Waals surface area contributed by atoms with E-state index in [1.807, 2.05) is 0 Å². The van der Waals surface area contributed by atoms with Crippen LogP contribution in [0.15, 0.2) is 48.5 Å². The number of aliphatic hydroxyl groups excluding tert-OH is 1. The molecule has 2 atom stereocenters. The molecule has 1 aliphatic heterocycles. The second-order valence-corrected chi connectivity index (χ2v) is 4.44. The van der Waals surface area contributed by atoms with Gasteiger partial charge in [0.25, 0.3) is 0 Å². The summed E-state index contributed by atoms with van der Waals surface area (Å²) in [6, 6.07) is 13.1. The summed E-state index contributed by atoms with van der Waals surface area (Å²) in [6.45, 7) is 0. The zero-order valence-electron chi connectivity index (χ0n) is 9.98. The molecule has 0 saturated heterocycles. The SMILES string of the molecule is O=C1c2ccccc2O[C@H](c2ccc(O)cc2)[C@H]1O. The quantitative estimate of drug-likeness (QED) is 0.819. The minimum atomic E-state index is -1.24. The fraction of sp³-hybridized carbons (Fsp3) is 0.133. The lowest BCUT2D eigenvalue weighted by molar-refractivity contribution is 0.0216. The Bertz CT molecular complexity index is 618. The van der Waals surface area contributed by atoms with Gasteiger partial charge in [0.1, 0.15) is 11.5 Å². The third-order valence-electron chi connectivity index (χ3n) is 3.18. The lowest BCUT2D eigenvalue weighted by Crippen LogP contribution is -2.36. The van der Waals surface area contributed by atoms with Crippen LogP contribution in [0.25, 0.3) is 0 Å². The summed E-state index contributed by atoms with van der Waals surface area (Å²) in [5.41, 5.74) is 1.04. The molecule has 0 saturated carbocycles. The Kier molecular flexibility index (Phi) is 2.72. The van der Waals surface area contributed by atoms with Crippen LogP contribution in [-0.2, 0) is 0 Å². The summed E-state index contributed by atoms with van der Waals surface area (Å²) in [5.74, 6) is 0.247. The largest absolute Gasteiger partial charge is 0.508 e. The highest BCUT2D eigenvalue weighted by Crippen LogP contribution is 2.35. The number of aliphatic hydroxyl groups is 1. The molecule has 0 aromatic heterocycles. The number of ether oxygens (including phenoxy) is 1. The van der Waals surface area contributed by atoms with Crippen LogP contribution in [0.3, 0.4) is 0 Å². The Labute approximate surface area is 109 Å². The highest BCUT2D eigenvalue weighted by Gasteiger charge is 2.36. The van der Waals surface area contributed by atoms with Crippen molar-refractivity contribution in [1.82, 2.24) is 0 Å². The van der Waals surface area contributed by atoms with Gasteiger partial charge in [-0.15, -0.1) is 0 Å². The van der Waals surface area contributed by atoms with Gasteiger partial charge in [0.15, 0.2) is 18.0 Å². The van der Waals surface area contributed by atoms with Gasteiger partial charge in [-0.2, -0.15) is 0 Å². The number of para-hydroxylation sites is 1. The molecule has 19 heavy (non-hydrogen) atoms. The topological polar surface area (TPSA) is 66.8 Å². The average Bonchev–Trinajstić information content (AvgIpc) is 2.44. The van der Waals surface area contributed by atoms with Crippen LogP contribution in [0.2, 0.25) is 0 Å². The first-order valence-electron chi connectivity index (χ1n) is 5.94. The predicted octanol–water partition coefficient (Wildman–Crippen LogP) is 2.07. The molecule has 0 aliphatic carbocycles. The van der Waals surface area contributed by atoms with Crippen LogP contribution >= 0.6 is 0 Å². The van der Waals surface area contributed by atoms with E-state index in [9.17, 15) is 15.0 Å². The molecule has 2 aromatic rings. The number of aromatic hydroxyl groups is 1. The predicted molar refractivity (Wildman–Crippen MR) is 68.3 cm³/mol. The van der Waals surface area contributed by atoms with E-state index in [4.69, 9.17) is 4.74 Å². The van der Waals surface area contributed by atoms with E-state index in [0.29, 0.717) is 16.9 Å². The summed E-state index contributed by atoms with van der Waals surface area (Å²) in [6.07, 6.45) is -1.98. The number of hydrogen-bond acceptors (Lipinski definition) is 4. The van der Waals surface area contributed by atoms with E-state index in [1.165, 1.54) is 12.1 Å². The maximum absolute atomic E-state index is 12.1. The van der Waals surface area contributed by atoms with Crippen molar-refractivity contribution in [3.63, 3.8) is 0 Å². The number of fused-ring (bicyclic) bond motifs is 1. The average molecular weight is 256 g/mol. The maximum Gasteiger partial charge on any atom is 0.199 e. The number of ketones is 1. The van der Waals surface area contributed by atoms with Gasteiger partial charge in [-0.25, -0.2) is 0 Å². The smallest absolute Gasteiger partial charge is 0.199 e. The normalized spacial score (nSPS) is 21.6. The standard InChI is InChI=1S/C15H12O4/c16-10-7-5-9(6-8-10)15-14(18)13(17)11-3-1-2-4-12(11)19-15/h1-8,14-16,18H/t14-,15+/m0/s1. The van der Waals surface area contributed by atoms with Gasteiger partial charge in [0.2, 0.25) is 0 Å². The van der Waals surface area contributed by atoms with Gasteiger partial charge < -0.3 is 14.9 Å². The molecule has 4 heteroatoms. The van der Waals surface area contributed by atoms with Gasteiger partial charge in [0.05, 0.1) is 5.56 Å². The van der Waals surface area contributed by atoms with Crippen molar-refractivity contribution in [3.05, 3.63) is 59.7 Å². The Balaban J connectivity index is 2.01. The first-order chi connectivity index (χ1) is 9.16. The minimum absolute atomic E-state index is 0.126. The summed E-state index contributed by atoms with van der Waals surface area (Å²) in [4.78, 5) is 12.1. The molecule has 0 bridgehead atoms. The molecule has 1 heterocycles. The molecule has 96 valence electrons. The van der Waals surface area contributed by atoms with E-state index in [0.717, 1.165) is 0 Å². The van der Waals surface area contributed by atoms with Crippen molar-refractivity contribution in [3.8, 4) is 11.5 Å². The van der Waals surface area contributed by atoms with Crippen molar-refractivity contribution in [2.24, 2.45) is 0 Å². The van der Waals surface area contributed by atoms with Crippen LogP contribution in [0.1, 0.15) is 22.0 Å². The van der Waals surface area contributed by atoms with Crippen LogP contribution < -0.4 is 4.74 Å². The molecular formula is C15H12O4. The first kappa shape index (κ1) is 11.7. The number of phenolic OH excluding ortho intramolecular Hbond substituents is 1. The van der Waals surface area contributed by atoms with Crippen LogP contribution in [0, 0.1) is 0 Å². The monoisotopic (exact) mass is 256 g/mol. The van der Waals surface area contributed by atoms with Crippen LogP contribution in [-0.4, -0.2) is 22.1 Å². The number of rotatable bonds is 1. The van der Waals surface area contributed by atoms with Crippen molar-refractivity contribution >= 4 is 5.78 Å². The van der Waals surface area contributed by atoms with Crippen molar-refractivity contribution in [2.75, 3.05) is 0 Å². The van der Waals surface area contributed by atoms with Gasteiger partial charge in [-0.05, 0) is 29.8 Å². The van der Waals surface area contributed by atoms with Gasteiger partial charge in [-0.3, -0.25) is 4.79 Å². The molecule has 0 radical (unpaired) electrons. The fourth-order valence-electron chi connectivity index (χ4n) is 2.19. The molecule has 2 aromatic carbocycles.